The lowest BCUT2D eigenvalue weighted by atomic mass is 9.75. The highest BCUT2D eigenvalue weighted by atomic mass is 16.1. The second kappa shape index (κ2) is 9.59. The fraction of sp³-hybridized carbons (Fsp3) is 0.625. The summed E-state index contributed by atoms with van der Waals surface area (Å²) in [5.41, 5.74) is 5.71. The topological polar surface area (TPSA) is 34.1 Å². The van der Waals surface area contributed by atoms with Crippen LogP contribution >= 0.6 is 0 Å². The first-order valence-corrected chi connectivity index (χ1v) is 12.8. The molecule has 0 atom stereocenters. The zero-order valence-electron chi connectivity index (χ0n) is 24.0. The van der Waals surface area contributed by atoms with E-state index >= 15 is 0 Å². The second-order valence-electron chi connectivity index (χ2n) is 15.2. The second-order valence-corrected chi connectivity index (χ2v) is 15.2. The third-order valence-corrected chi connectivity index (χ3v) is 5.70. The van der Waals surface area contributed by atoms with Crippen LogP contribution in [-0.4, -0.2) is 11.6 Å². The van der Waals surface area contributed by atoms with E-state index in [1.54, 1.807) is 0 Å². The number of hydrogen-bond donors (Lipinski definition) is 0. The van der Waals surface area contributed by atoms with E-state index in [-0.39, 0.29) is 33.2 Å². The van der Waals surface area contributed by atoms with E-state index in [0.29, 0.717) is 0 Å². The standard InChI is InChI=1S/C32H48O2/c1-29(2,3)17-23-13-21(14-24(27(23)33)18-30(4,5)6)22-15-25(19-31(7,8)9)28(34)26(16-22)20-32(10,11)12/h13-16H,17-20H2,1-12H3. The fourth-order valence-corrected chi connectivity index (χ4v) is 4.65. The first kappa shape index (κ1) is 28.3. The number of rotatable bonds is 4. The van der Waals surface area contributed by atoms with Gasteiger partial charge in [-0.05, 0) is 82.8 Å². The lowest BCUT2D eigenvalue weighted by Crippen LogP contribution is -2.22. The average molecular weight is 465 g/mol. The van der Waals surface area contributed by atoms with Crippen LogP contribution in [0, 0.1) is 21.7 Å². The normalized spacial score (nSPS) is 18.6. The van der Waals surface area contributed by atoms with Gasteiger partial charge in [-0.25, -0.2) is 0 Å². The van der Waals surface area contributed by atoms with Crippen molar-refractivity contribution in [2.75, 3.05) is 0 Å². The minimum absolute atomic E-state index is 0.0183. The molecular weight excluding hydrogens is 416 g/mol. The van der Waals surface area contributed by atoms with Crippen LogP contribution in [0.2, 0.25) is 0 Å². The van der Waals surface area contributed by atoms with Crippen molar-refractivity contribution in [1.82, 2.24) is 0 Å². The van der Waals surface area contributed by atoms with Crippen molar-refractivity contribution in [3.8, 4) is 0 Å². The van der Waals surface area contributed by atoms with Crippen molar-refractivity contribution in [3.63, 3.8) is 0 Å². The average Bonchev–Trinajstić information content (AvgIpc) is 2.56. The Morgan fingerprint density at radius 2 is 0.588 bits per heavy atom. The molecule has 0 aromatic heterocycles. The minimum Gasteiger partial charge on any atom is -0.289 e. The molecule has 0 spiro atoms. The van der Waals surface area contributed by atoms with Gasteiger partial charge in [0.05, 0.1) is 0 Å². The molecule has 0 saturated carbocycles. The number of carbonyl (C=O) groups excluding carboxylic acids is 2. The highest BCUT2D eigenvalue weighted by molar-refractivity contribution is 6.12. The third kappa shape index (κ3) is 8.67. The number of ketones is 2. The molecule has 0 aromatic rings. The van der Waals surface area contributed by atoms with Crippen molar-refractivity contribution < 1.29 is 9.59 Å². The summed E-state index contributed by atoms with van der Waals surface area (Å²) in [6, 6.07) is 0. The Balaban J connectivity index is 2.74. The van der Waals surface area contributed by atoms with Crippen molar-refractivity contribution in [1.29, 1.82) is 0 Å². The summed E-state index contributed by atoms with van der Waals surface area (Å²) < 4.78 is 0. The molecule has 0 aliphatic heterocycles. The summed E-state index contributed by atoms with van der Waals surface area (Å²) in [6.07, 6.45) is 11.3. The Kier molecular flexibility index (Phi) is 7.98. The lowest BCUT2D eigenvalue weighted by molar-refractivity contribution is -0.113. The third-order valence-electron chi connectivity index (χ3n) is 5.70. The van der Waals surface area contributed by atoms with Crippen LogP contribution in [0.15, 0.2) is 57.7 Å². The van der Waals surface area contributed by atoms with Gasteiger partial charge in [-0.2, -0.15) is 0 Å². The number of allylic oxidation sites excluding steroid dienone is 10. The van der Waals surface area contributed by atoms with Crippen LogP contribution in [0.5, 0.6) is 0 Å². The van der Waals surface area contributed by atoms with Crippen LogP contribution in [0.4, 0.5) is 0 Å². The predicted octanol–water partition coefficient (Wildman–Crippen LogP) is 8.90. The Morgan fingerprint density at radius 1 is 0.412 bits per heavy atom. The van der Waals surface area contributed by atoms with Crippen LogP contribution in [0.1, 0.15) is 109 Å². The zero-order valence-corrected chi connectivity index (χ0v) is 24.0. The lowest BCUT2D eigenvalue weighted by Gasteiger charge is -2.28. The maximum Gasteiger partial charge on any atom is 0.185 e. The summed E-state index contributed by atoms with van der Waals surface area (Å²) in [7, 11) is 0. The van der Waals surface area contributed by atoms with Gasteiger partial charge in [-0.1, -0.05) is 83.1 Å². The van der Waals surface area contributed by atoms with E-state index < -0.39 is 0 Å². The smallest absolute Gasteiger partial charge is 0.185 e. The number of Topliss-reactive ketones (excluding diaryl/α,β-unsaturated/α-hetero) is 2. The SMILES string of the molecule is CC(C)(C)CC1=CC(=C2C=C(CC(C)(C)C)C(=O)C(CC(C)(C)C)=C2)C=C(CC(C)(C)C)C1=O. The quantitative estimate of drug-likeness (QED) is 0.416. The first-order chi connectivity index (χ1) is 15.1. The maximum atomic E-state index is 13.4. The Labute approximate surface area is 209 Å². The van der Waals surface area contributed by atoms with Crippen LogP contribution in [0.25, 0.3) is 0 Å². The molecule has 2 aliphatic rings. The van der Waals surface area contributed by atoms with Gasteiger partial charge < -0.3 is 0 Å². The van der Waals surface area contributed by atoms with Crippen molar-refractivity contribution in [2.45, 2.75) is 109 Å². The van der Waals surface area contributed by atoms with Crippen molar-refractivity contribution in [3.05, 3.63) is 57.7 Å². The van der Waals surface area contributed by atoms with E-state index in [1.807, 2.05) is 0 Å². The summed E-state index contributed by atoms with van der Waals surface area (Å²) in [6.45, 7) is 26.1. The first-order valence-electron chi connectivity index (χ1n) is 12.8. The molecule has 0 heterocycles. The fourth-order valence-electron chi connectivity index (χ4n) is 4.65. The molecule has 34 heavy (non-hydrogen) atoms. The van der Waals surface area contributed by atoms with E-state index in [2.05, 4.69) is 107 Å². The molecule has 0 bridgehead atoms. The number of carbonyl (C=O) groups is 2. The number of hydrogen-bond acceptors (Lipinski definition) is 2. The summed E-state index contributed by atoms with van der Waals surface area (Å²) in [4.78, 5) is 26.8. The van der Waals surface area contributed by atoms with Gasteiger partial charge in [0.25, 0.3) is 0 Å². The highest BCUT2D eigenvalue weighted by Crippen LogP contribution is 2.39. The molecule has 0 saturated heterocycles. The predicted molar refractivity (Wildman–Crippen MR) is 146 cm³/mol. The van der Waals surface area contributed by atoms with Crippen LogP contribution in [-0.2, 0) is 9.59 Å². The van der Waals surface area contributed by atoms with Gasteiger partial charge in [-0.15, -0.1) is 0 Å². The van der Waals surface area contributed by atoms with Gasteiger partial charge in [0, 0.05) is 22.3 Å². The molecule has 2 nitrogen and oxygen atoms in total. The Morgan fingerprint density at radius 3 is 0.735 bits per heavy atom. The van der Waals surface area contributed by atoms with Crippen molar-refractivity contribution >= 4 is 11.6 Å². The van der Waals surface area contributed by atoms with E-state index in [4.69, 9.17) is 0 Å². The van der Waals surface area contributed by atoms with E-state index in [0.717, 1.165) is 59.1 Å². The summed E-state index contributed by atoms with van der Waals surface area (Å²) in [5.74, 6) is 0.359. The molecule has 0 N–H and O–H groups in total. The molecule has 0 fully saturated rings. The van der Waals surface area contributed by atoms with Crippen LogP contribution < -0.4 is 0 Å². The summed E-state index contributed by atoms with van der Waals surface area (Å²) in [5, 5.41) is 0. The summed E-state index contributed by atoms with van der Waals surface area (Å²) >= 11 is 0. The maximum absolute atomic E-state index is 13.4. The Hall–Kier alpha value is -1.96. The van der Waals surface area contributed by atoms with E-state index in [9.17, 15) is 9.59 Å². The van der Waals surface area contributed by atoms with Crippen molar-refractivity contribution in [2.24, 2.45) is 21.7 Å². The minimum atomic E-state index is 0.0183. The van der Waals surface area contributed by atoms with E-state index in [1.165, 1.54) is 0 Å². The monoisotopic (exact) mass is 464 g/mol. The molecule has 0 amide bonds. The molecular formula is C32H48O2. The molecule has 2 aliphatic carbocycles. The van der Waals surface area contributed by atoms with Gasteiger partial charge in [0.2, 0.25) is 0 Å². The largest absolute Gasteiger partial charge is 0.289 e. The van der Waals surface area contributed by atoms with Gasteiger partial charge >= 0.3 is 0 Å². The highest BCUT2D eigenvalue weighted by Gasteiger charge is 2.30. The zero-order chi connectivity index (χ0) is 26.3. The molecule has 188 valence electrons. The molecule has 2 rings (SSSR count). The Bertz CT molecular complexity index is 833. The van der Waals surface area contributed by atoms with Crippen LogP contribution in [0.3, 0.4) is 0 Å². The molecule has 2 heteroatoms. The molecule has 0 aromatic carbocycles. The molecule has 0 radical (unpaired) electrons. The van der Waals surface area contributed by atoms with Gasteiger partial charge in [-0.3, -0.25) is 9.59 Å². The molecule has 0 unspecified atom stereocenters. The van der Waals surface area contributed by atoms with Gasteiger partial charge in [0.1, 0.15) is 0 Å². The van der Waals surface area contributed by atoms with Gasteiger partial charge in [0.15, 0.2) is 11.6 Å².